The zero-order valence-electron chi connectivity index (χ0n) is 10.1. The van der Waals surface area contributed by atoms with Crippen LogP contribution in [-0.4, -0.2) is 19.2 Å². The number of sulfonamides is 1. The summed E-state index contributed by atoms with van der Waals surface area (Å²) in [7, 11) is -3.15. The van der Waals surface area contributed by atoms with E-state index in [-0.39, 0.29) is 11.2 Å². The first kappa shape index (κ1) is 13.3. The highest BCUT2D eigenvalue weighted by Crippen LogP contribution is 2.18. The molecule has 0 fully saturated rings. The summed E-state index contributed by atoms with van der Waals surface area (Å²) in [6.45, 7) is 6.47. The van der Waals surface area contributed by atoms with Gasteiger partial charge in [-0.25, -0.2) is 13.1 Å². The van der Waals surface area contributed by atoms with Gasteiger partial charge in [0.15, 0.2) is 0 Å². The normalized spacial score (nSPS) is 12.9. The Labute approximate surface area is 97.5 Å². The lowest BCUT2D eigenvalue weighted by Gasteiger charge is -2.17. The lowest BCUT2D eigenvalue weighted by atomic mass is 9.94. The smallest absolute Gasteiger partial charge is 0.211 e. The maximum absolute atomic E-state index is 11.7. The second kappa shape index (κ2) is 5.01. The summed E-state index contributed by atoms with van der Waals surface area (Å²) >= 11 is 0. The number of hydrogen-bond acceptors (Lipinski definition) is 2. The molecule has 2 N–H and O–H groups in total. The fourth-order valence-corrected chi connectivity index (χ4v) is 2.59. The van der Waals surface area contributed by atoms with Gasteiger partial charge in [-0.2, -0.15) is 0 Å². The quantitative estimate of drug-likeness (QED) is 0.830. The molecule has 16 heavy (non-hydrogen) atoms. The number of nitrogens with one attached hydrogen (secondary N) is 2. The van der Waals surface area contributed by atoms with Crippen LogP contribution >= 0.6 is 0 Å². The molecule has 0 saturated carbocycles. The van der Waals surface area contributed by atoms with Crippen molar-refractivity contribution in [2.75, 3.05) is 5.75 Å². The van der Waals surface area contributed by atoms with E-state index in [0.29, 0.717) is 13.0 Å². The summed E-state index contributed by atoms with van der Waals surface area (Å²) in [5, 5.41) is 0. The molecule has 1 aromatic heterocycles. The molecule has 5 heteroatoms. The van der Waals surface area contributed by atoms with Crippen LogP contribution in [0.25, 0.3) is 0 Å². The summed E-state index contributed by atoms with van der Waals surface area (Å²) in [6, 6.07) is 1.85. The third-order valence-corrected chi connectivity index (χ3v) is 3.61. The SMILES string of the molecule is CC(C)(C)CCS(=O)(=O)NCc1cc[nH]c1. The molecule has 0 unspecified atom stereocenters. The van der Waals surface area contributed by atoms with Crippen LogP contribution in [0, 0.1) is 5.41 Å². The third kappa shape index (κ3) is 5.32. The summed E-state index contributed by atoms with van der Waals surface area (Å²) < 4.78 is 25.9. The van der Waals surface area contributed by atoms with Crippen molar-refractivity contribution in [3.8, 4) is 0 Å². The Morgan fingerprint density at radius 3 is 2.56 bits per heavy atom. The predicted octanol–water partition coefficient (Wildman–Crippen LogP) is 1.87. The first-order valence-corrected chi connectivity index (χ1v) is 7.03. The van der Waals surface area contributed by atoms with Crippen LogP contribution in [0.4, 0.5) is 0 Å². The van der Waals surface area contributed by atoms with Gasteiger partial charge in [0.2, 0.25) is 10.0 Å². The van der Waals surface area contributed by atoms with E-state index in [1.54, 1.807) is 12.4 Å². The van der Waals surface area contributed by atoms with Gasteiger partial charge < -0.3 is 4.98 Å². The highest BCUT2D eigenvalue weighted by atomic mass is 32.2. The molecule has 0 bridgehead atoms. The van der Waals surface area contributed by atoms with Crippen LogP contribution in [0.1, 0.15) is 32.8 Å². The molecule has 0 saturated heterocycles. The molecule has 1 heterocycles. The zero-order chi connectivity index (χ0) is 12.2. The first-order chi connectivity index (χ1) is 7.29. The summed E-state index contributed by atoms with van der Waals surface area (Å²) in [5.41, 5.74) is 0.988. The standard InChI is InChI=1S/C11H20N2O2S/c1-11(2,3)5-7-16(14,15)13-9-10-4-6-12-8-10/h4,6,8,12-13H,5,7,9H2,1-3H3. The van der Waals surface area contributed by atoms with Crippen LogP contribution < -0.4 is 4.72 Å². The van der Waals surface area contributed by atoms with Gasteiger partial charge >= 0.3 is 0 Å². The maximum Gasteiger partial charge on any atom is 0.211 e. The van der Waals surface area contributed by atoms with Crippen LogP contribution in [0.15, 0.2) is 18.5 Å². The zero-order valence-corrected chi connectivity index (χ0v) is 10.9. The van der Waals surface area contributed by atoms with E-state index in [4.69, 9.17) is 0 Å². The molecule has 0 aliphatic rings. The van der Waals surface area contributed by atoms with Gasteiger partial charge in [-0.1, -0.05) is 20.8 Å². The maximum atomic E-state index is 11.7. The predicted molar refractivity (Wildman–Crippen MR) is 65.5 cm³/mol. The van der Waals surface area contributed by atoms with Crippen molar-refractivity contribution >= 4 is 10.0 Å². The molecule has 0 amide bonds. The van der Waals surface area contributed by atoms with Crippen molar-refractivity contribution < 1.29 is 8.42 Å². The van der Waals surface area contributed by atoms with E-state index >= 15 is 0 Å². The second-order valence-electron chi connectivity index (χ2n) is 5.17. The van der Waals surface area contributed by atoms with Crippen molar-refractivity contribution in [1.82, 2.24) is 9.71 Å². The Morgan fingerprint density at radius 1 is 1.38 bits per heavy atom. The van der Waals surface area contributed by atoms with Crippen LogP contribution in [0.2, 0.25) is 0 Å². The van der Waals surface area contributed by atoms with Gasteiger partial charge in [0.1, 0.15) is 0 Å². The van der Waals surface area contributed by atoms with E-state index < -0.39 is 10.0 Å². The van der Waals surface area contributed by atoms with Crippen molar-refractivity contribution in [2.24, 2.45) is 5.41 Å². The third-order valence-electron chi connectivity index (χ3n) is 2.28. The topological polar surface area (TPSA) is 62.0 Å². The summed E-state index contributed by atoms with van der Waals surface area (Å²) in [4.78, 5) is 2.89. The van der Waals surface area contributed by atoms with Gasteiger partial charge in [0.25, 0.3) is 0 Å². The van der Waals surface area contributed by atoms with Crippen molar-refractivity contribution in [3.63, 3.8) is 0 Å². The van der Waals surface area contributed by atoms with Gasteiger partial charge in [0, 0.05) is 18.9 Å². The number of rotatable bonds is 5. The molecule has 1 aromatic rings. The number of aromatic amines is 1. The largest absolute Gasteiger partial charge is 0.367 e. The van der Waals surface area contributed by atoms with Gasteiger partial charge in [-0.15, -0.1) is 0 Å². The second-order valence-corrected chi connectivity index (χ2v) is 7.10. The highest BCUT2D eigenvalue weighted by Gasteiger charge is 2.16. The summed E-state index contributed by atoms with van der Waals surface area (Å²) in [6.07, 6.45) is 4.22. The van der Waals surface area contributed by atoms with E-state index in [9.17, 15) is 8.42 Å². The molecule has 4 nitrogen and oxygen atoms in total. The molecule has 1 rings (SSSR count). The number of H-pyrrole nitrogens is 1. The average Bonchev–Trinajstić information content (AvgIpc) is 2.64. The van der Waals surface area contributed by atoms with Gasteiger partial charge in [-0.3, -0.25) is 0 Å². The fourth-order valence-electron chi connectivity index (χ4n) is 1.17. The molecule has 0 aliphatic heterocycles. The monoisotopic (exact) mass is 244 g/mol. The minimum Gasteiger partial charge on any atom is -0.367 e. The van der Waals surface area contributed by atoms with Crippen LogP contribution in [0.3, 0.4) is 0 Å². The number of hydrogen-bond donors (Lipinski definition) is 2. The average molecular weight is 244 g/mol. The van der Waals surface area contributed by atoms with E-state index in [1.807, 2.05) is 26.8 Å². The lowest BCUT2D eigenvalue weighted by molar-refractivity contribution is 0.396. The molecular weight excluding hydrogens is 224 g/mol. The van der Waals surface area contributed by atoms with Gasteiger partial charge in [-0.05, 0) is 23.5 Å². The Balaban J connectivity index is 2.41. The Bertz CT molecular complexity index is 402. The molecule has 92 valence electrons. The molecule has 0 spiro atoms. The van der Waals surface area contributed by atoms with Crippen LogP contribution in [0.5, 0.6) is 0 Å². The highest BCUT2D eigenvalue weighted by molar-refractivity contribution is 7.89. The van der Waals surface area contributed by atoms with E-state index in [1.165, 1.54) is 0 Å². The minimum atomic E-state index is -3.15. The summed E-state index contributed by atoms with van der Waals surface area (Å²) in [5.74, 6) is 0.181. The minimum absolute atomic E-state index is 0.0445. The number of aromatic nitrogens is 1. The molecule has 0 aromatic carbocycles. The molecular formula is C11H20N2O2S. The first-order valence-electron chi connectivity index (χ1n) is 5.37. The lowest BCUT2D eigenvalue weighted by Crippen LogP contribution is -2.27. The molecule has 0 atom stereocenters. The van der Waals surface area contributed by atoms with Crippen molar-refractivity contribution in [3.05, 3.63) is 24.0 Å². The van der Waals surface area contributed by atoms with E-state index in [0.717, 1.165) is 5.56 Å². The van der Waals surface area contributed by atoms with Crippen molar-refractivity contribution in [1.29, 1.82) is 0 Å². The molecule has 0 radical (unpaired) electrons. The van der Waals surface area contributed by atoms with Crippen LogP contribution in [-0.2, 0) is 16.6 Å². The molecule has 0 aliphatic carbocycles. The Kier molecular flexibility index (Phi) is 4.15. The van der Waals surface area contributed by atoms with Gasteiger partial charge in [0.05, 0.1) is 5.75 Å². The fraction of sp³-hybridized carbons (Fsp3) is 0.636. The Hall–Kier alpha value is -0.810. The van der Waals surface area contributed by atoms with E-state index in [2.05, 4.69) is 9.71 Å². The Morgan fingerprint density at radius 2 is 2.06 bits per heavy atom. The van der Waals surface area contributed by atoms with Crippen molar-refractivity contribution in [2.45, 2.75) is 33.7 Å².